The molecular formula is C13H9BrCl2F2N2. The van der Waals surface area contributed by atoms with E-state index in [4.69, 9.17) is 23.2 Å². The summed E-state index contributed by atoms with van der Waals surface area (Å²) in [5.41, 5.74) is 0.939. The summed E-state index contributed by atoms with van der Waals surface area (Å²) < 4.78 is 26.6. The van der Waals surface area contributed by atoms with Gasteiger partial charge in [0.25, 0.3) is 0 Å². The van der Waals surface area contributed by atoms with Crippen molar-refractivity contribution in [1.82, 2.24) is 9.97 Å². The second kappa shape index (κ2) is 6.33. The maximum absolute atomic E-state index is 13.5. The minimum atomic E-state index is -1.00. The molecule has 0 saturated heterocycles. The third-order valence-electron chi connectivity index (χ3n) is 2.68. The molecule has 0 amide bonds. The summed E-state index contributed by atoms with van der Waals surface area (Å²) in [6, 6.07) is 2.37. The van der Waals surface area contributed by atoms with Gasteiger partial charge in [0.1, 0.15) is 10.3 Å². The van der Waals surface area contributed by atoms with E-state index in [9.17, 15) is 8.78 Å². The second-order valence-corrected chi connectivity index (χ2v) is 5.59. The second-order valence-electron chi connectivity index (χ2n) is 4.08. The Morgan fingerprint density at radius 3 is 2.30 bits per heavy atom. The van der Waals surface area contributed by atoms with Crippen LogP contribution >= 0.6 is 39.1 Å². The normalized spacial score (nSPS) is 10.9. The van der Waals surface area contributed by atoms with Crippen molar-refractivity contribution in [2.75, 3.05) is 0 Å². The highest BCUT2D eigenvalue weighted by molar-refractivity contribution is 9.10. The van der Waals surface area contributed by atoms with Crippen molar-refractivity contribution in [3.05, 3.63) is 44.1 Å². The predicted octanol–water partition coefficient (Wildman–Crippen LogP) is 5.44. The van der Waals surface area contributed by atoms with Crippen molar-refractivity contribution < 1.29 is 8.78 Å². The molecule has 0 N–H and O–H groups in total. The van der Waals surface area contributed by atoms with E-state index < -0.39 is 11.6 Å². The number of halogens is 5. The molecule has 20 heavy (non-hydrogen) atoms. The summed E-state index contributed by atoms with van der Waals surface area (Å²) in [6.45, 7) is 1.98. The van der Waals surface area contributed by atoms with Crippen molar-refractivity contribution in [3.63, 3.8) is 0 Å². The SMILES string of the molecule is CCCc1c(Cl)nc(-c2ccc(F)c(F)c2Br)nc1Cl. The van der Waals surface area contributed by atoms with Crippen LogP contribution in [0, 0.1) is 11.6 Å². The number of aromatic nitrogens is 2. The summed E-state index contributed by atoms with van der Waals surface area (Å²) in [4.78, 5) is 8.21. The lowest BCUT2D eigenvalue weighted by molar-refractivity contribution is 0.504. The lowest BCUT2D eigenvalue weighted by Crippen LogP contribution is -1.99. The zero-order chi connectivity index (χ0) is 14.9. The summed E-state index contributed by atoms with van der Waals surface area (Å²) >= 11 is 15.1. The molecule has 0 aliphatic rings. The smallest absolute Gasteiger partial charge is 0.173 e. The average molecular weight is 382 g/mol. The number of hydrogen-bond acceptors (Lipinski definition) is 2. The van der Waals surface area contributed by atoms with Gasteiger partial charge in [-0.15, -0.1) is 0 Å². The first-order valence-electron chi connectivity index (χ1n) is 5.81. The number of nitrogens with zero attached hydrogens (tertiary/aromatic N) is 2. The first kappa shape index (κ1) is 15.6. The molecule has 0 aliphatic heterocycles. The Labute approximate surface area is 133 Å². The summed E-state index contributed by atoms with van der Waals surface area (Å²) in [5.74, 6) is -1.82. The molecule has 0 aliphatic carbocycles. The van der Waals surface area contributed by atoms with Crippen LogP contribution in [0.2, 0.25) is 10.3 Å². The van der Waals surface area contributed by atoms with Gasteiger partial charge in [-0.05, 0) is 34.5 Å². The van der Waals surface area contributed by atoms with Crippen LogP contribution in [0.5, 0.6) is 0 Å². The molecule has 106 valence electrons. The van der Waals surface area contributed by atoms with Gasteiger partial charge in [-0.1, -0.05) is 36.5 Å². The van der Waals surface area contributed by atoms with Crippen LogP contribution in [0.3, 0.4) is 0 Å². The molecule has 1 aromatic heterocycles. The van der Waals surface area contributed by atoms with Crippen LogP contribution < -0.4 is 0 Å². The Balaban J connectivity index is 2.57. The fraction of sp³-hybridized carbons (Fsp3) is 0.231. The van der Waals surface area contributed by atoms with Crippen molar-refractivity contribution in [2.45, 2.75) is 19.8 Å². The molecule has 0 unspecified atom stereocenters. The Hall–Kier alpha value is -0.780. The topological polar surface area (TPSA) is 25.8 Å². The van der Waals surface area contributed by atoms with Crippen LogP contribution in [0.4, 0.5) is 8.78 Å². The van der Waals surface area contributed by atoms with E-state index in [-0.39, 0.29) is 26.2 Å². The molecule has 0 spiro atoms. The fourth-order valence-corrected chi connectivity index (χ4v) is 2.78. The maximum Gasteiger partial charge on any atom is 0.173 e. The van der Waals surface area contributed by atoms with Gasteiger partial charge in [0.2, 0.25) is 0 Å². The zero-order valence-corrected chi connectivity index (χ0v) is 13.5. The number of rotatable bonds is 3. The van der Waals surface area contributed by atoms with Gasteiger partial charge < -0.3 is 0 Å². The lowest BCUT2D eigenvalue weighted by Gasteiger charge is -2.09. The molecule has 1 aromatic carbocycles. The van der Waals surface area contributed by atoms with Gasteiger partial charge >= 0.3 is 0 Å². The molecule has 2 nitrogen and oxygen atoms in total. The van der Waals surface area contributed by atoms with Crippen molar-refractivity contribution >= 4 is 39.1 Å². The fourth-order valence-electron chi connectivity index (χ4n) is 1.71. The summed E-state index contributed by atoms with van der Waals surface area (Å²) in [5, 5.41) is 0.442. The Morgan fingerprint density at radius 1 is 1.15 bits per heavy atom. The van der Waals surface area contributed by atoms with Gasteiger partial charge in [0.05, 0.1) is 4.47 Å². The Morgan fingerprint density at radius 2 is 1.75 bits per heavy atom. The van der Waals surface area contributed by atoms with E-state index in [0.29, 0.717) is 12.0 Å². The van der Waals surface area contributed by atoms with Crippen LogP contribution in [0.15, 0.2) is 16.6 Å². The molecule has 0 radical (unpaired) electrons. The molecule has 0 atom stereocenters. The van der Waals surface area contributed by atoms with E-state index in [2.05, 4.69) is 25.9 Å². The lowest BCUT2D eigenvalue weighted by atomic mass is 10.1. The predicted molar refractivity (Wildman–Crippen MR) is 79.1 cm³/mol. The maximum atomic E-state index is 13.5. The third kappa shape index (κ3) is 2.95. The minimum Gasteiger partial charge on any atom is -0.216 e. The molecular weight excluding hydrogens is 373 g/mol. The first-order valence-corrected chi connectivity index (χ1v) is 7.36. The van der Waals surface area contributed by atoms with Crippen LogP contribution in [-0.4, -0.2) is 9.97 Å². The van der Waals surface area contributed by atoms with Gasteiger partial charge in [-0.2, -0.15) is 0 Å². The highest BCUT2D eigenvalue weighted by Crippen LogP contribution is 2.32. The highest BCUT2D eigenvalue weighted by atomic mass is 79.9. The van der Waals surface area contributed by atoms with Crippen LogP contribution in [0.1, 0.15) is 18.9 Å². The van der Waals surface area contributed by atoms with Gasteiger partial charge in [-0.3, -0.25) is 0 Å². The quantitative estimate of drug-likeness (QED) is 0.522. The van der Waals surface area contributed by atoms with Crippen molar-refractivity contribution in [3.8, 4) is 11.4 Å². The standard InChI is InChI=1S/C13H9BrCl2F2N2/c1-2-3-7-11(15)19-13(20-12(7)16)6-4-5-8(17)10(18)9(6)14/h4-5H,2-3H2,1H3. The molecule has 1 heterocycles. The minimum absolute atomic E-state index is 0.0622. The number of benzene rings is 1. The molecule has 2 rings (SSSR count). The summed E-state index contributed by atoms with van der Waals surface area (Å²) in [7, 11) is 0. The number of hydrogen-bond donors (Lipinski definition) is 0. The largest absolute Gasteiger partial charge is 0.216 e. The van der Waals surface area contributed by atoms with E-state index in [1.807, 2.05) is 6.92 Å². The van der Waals surface area contributed by atoms with E-state index in [1.165, 1.54) is 6.07 Å². The zero-order valence-electron chi connectivity index (χ0n) is 10.4. The van der Waals surface area contributed by atoms with E-state index >= 15 is 0 Å². The van der Waals surface area contributed by atoms with E-state index in [1.54, 1.807) is 0 Å². The first-order chi connectivity index (χ1) is 9.45. The van der Waals surface area contributed by atoms with Crippen molar-refractivity contribution in [2.24, 2.45) is 0 Å². The van der Waals surface area contributed by atoms with Crippen LogP contribution in [-0.2, 0) is 6.42 Å². The third-order valence-corrected chi connectivity index (χ3v) is 4.08. The highest BCUT2D eigenvalue weighted by Gasteiger charge is 2.17. The van der Waals surface area contributed by atoms with Crippen molar-refractivity contribution in [1.29, 1.82) is 0 Å². The molecule has 2 aromatic rings. The monoisotopic (exact) mass is 380 g/mol. The molecule has 7 heteroatoms. The Kier molecular flexibility index (Phi) is 4.94. The summed E-state index contributed by atoms with van der Waals surface area (Å²) in [6.07, 6.45) is 1.49. The molecule has 0 fully saturated rings. The molecule has 0 bridgehead atoms. The molecule has 0 saturated carbocycles. The van der Waals surface area contributed by atoms with Gasteiger partial charge in [0.15, 0.2) is 17.5 Å². The van der Waals surface area contributed by atoms with Crippen LogP contribution in [0.25, 0.3) is 11.4 Å². The average Bonchev–Trinajstić information content (AvgIpc) is 2.40. The van der Waals surface area contributed by atoms with E-state index in [0.717, 1.165) is 12.5 Å². The van der Waals surface area contributed by atoms with Gasteiger partial charge in [-0.25, -0.2) is 18.7 Å². The van der Waals surface area contributed by atoms with Gasteiger partial charge in [0, 0.05) is 11.1 Å². The Bertz CT molecular complexity index is 642.